The first kappa shape index (κ1) is 11.1. The maximum absolute atomic E-state index is 4.70. The molecule has 2 rings (SSSR count). The van der Waals surface area contributed by atoms with Crippen molar-refractivity contribution in [1.82, 2.24) is 10.2 Å². The van der Waals surface area contributed by atoms with E-state index in [1.165, 1.54) is 5.56 Å². The van der Waals surface area contributed by atoms with Crippen LogP contribution in [0.4, 0.5) is 5.69 Å². The van der Waals surface area contributed by atoms with Crippen LogP contribution in [0.5, 0.6) is 0 Å². The van der Waals surface area contributed by atoms with Gasteiger partial charge in [0.05, 0.1) is 5.69 Å². The summed E-state index contributed by atoms with van der Waals surface area (Å²) in [7, 11) is 0. The first-order valence-corrected chi connectivity index (χ1v) is 5.84. The third kappa shape index (κ3) is 2.61. The Bertz CT molecular complexity index is 379. The normalized spacial score (nSPS) is 17.6. The molecule has 0 saturated carbocycles. The number of hydrogen-bond acceptors (Lipinski definition) is 2. The van der Waals surface area contributed by atoms with Gasteiger partial charge < -0.3 is 10.2 Å². The predicted molar refractivity (Wildman–Crippen MR) is 68.4 cm³/mol. The van der Waals surface area contributed by atoms with Gasteiger partial charge in [-0.15, -0.1) is 0 Å². The number of rotatable bonds is 1. The molecule has 0 radical (unpaired) electrons. The highest BCUT2D eigenvalue weighted by Gasteiger charge is 2.10. The summed E-state index contributed by atoms with van der Waals surface area (Å²) in [5, 5.41) is 3.35. The minimum Gasteiger partial charge on any atom is -0.358 e. The monoisotopic (exact) mass is 217 g/mol. The largest absolute Gasteiger partial charge is 0.358 e. The SMILES string of the molecule is CC(=Nc1ccccc1C)N1CCNCC1. The second kappa shape index (κ2) is 5.12. The molecule has 1 saturated heterocycles. The zero-order valence-corrected chi connectivity index (χ0v) is 10.0. The lowest BCUT2D eigenvalue weighted by Crippen LogP contribution is -2.45. The molecule has 1 N–H and O–H groups in total. The Kier molecular flexibility index (Phi) is 3.57. The van der Waals surface area contributed by atoms with Gasteiger partial charge in [-0.3, -0.25) is 0 Å². The number of benzene rings is 1. The van der Waals surface area contributed by atoms with Crippen molar-refractivity contribution in [3.8, 4) is 0 Å². The van der Waals surface area contributed by atoms with Crippen molar-refractivity contribution in [3.63, 3.8) is 0 Å². The molecule has 0 bridgehead atoms. The molecule has 3 nitrogen and oxygen atoms in total. The number of hydrogen-bond donors (Lipinski definition) is 1. The summed E-state index contributed by atoms with van der Waals surface area (Å²) in [6.45, 7) is 8.42. The zero-order valence-electron chi connectivity index (χ0n) is 10.0. The molecule has 1 aromatic rings. The van der Waals surface area contributed by atoms with Crippen LogP contribution in [-0.4, -0.2) is 36.9 Å². The molecule has 86 valence electrons. The highest BCUT2D eigenvalue weighted by molar-refractivity contribution is 5.83. The number of nitrogens with one attached hydrogen (secondary N) is 1. The van der Waals surface area contributed by atoms with E-state index in [-0.39, 0.29) is 0 Å². The van der Waals surface area contributed by atoms with Crippen molar-refractivity contribution >= 4 is 11.5 Å². The Morgan fingerprint density at radius 1 is 1.25 bits per heavy atom. The van der Waals surface area contributed by atoms with Gasteiger partial charge in [-0.05, 0) is 25.5 Å². The van der Waals surface area contributed by atoms with E-state index in [9.17, 15) is 0 Å². The van der Waals surface area contributed by atoms with Gasteiger partial charge in [0.25, 0.3) is 0 Å². The fraction of sp³-hybridized carbons (Fsp3) is 0.462. The minimum absolute atomic E-state index is 1.06. The molecule has 1 aliphatic heterocycles. The summed E-state index contributed by atoms with van der Waals surface area (Å²) < 4.78 is 0. The van der Waals surface area contributed by atoms with Gasteiger partial charge >= 0.3 is 0 Å². The Balaban J connectivity index is 2.13. The fourth-order valence-electron chi connectivity index (χ4n) is 1.92. The van der Waals surface area contributed by atoms with Crippen molar-refractivity contribution in [2.24, 2.45) is 4.99 Å². The number of aryl methyl sites for hydroxylation is 1. The van der Waals surface area contributed by atoms with Gasteiger partial charge in [0.15, 0.2) is 0 Å². The van der Waals surface area contributed by atoms with Crippen molar-refractivity contribution in [3.05, 3.63) is 29.8 Å². The molecule has 0 aromatic heterocycles. The van der Waals surface area contributed by atoms with E-state index < -0.39 is 0 Å². The average Bonchev–Trinajstić information content (AvgIpc) is 2.33. The van der Waals surface area contributed by atoms with Crippen molar-refractivity contribution in [2.45, 2.75) is 13.8 Å². The molecule has 1 aromatic carbocycles. The summed E-state index contributed by atoms with van der Waals surface area (Å²) in [5.41, 5.74) is 2.32. The van der Waals surface area contributed by atoms with Gasteiger partial charge in [0.1, 0.15) is 5.84 Å². The van der Waals surface area contributed by atoms with E-state index >= 15 is 0 Å². The van der Waals surface area contributed by atoms with Crippen molar-refractivity contribution in [1.29, 1.82) is 0 Å². The number of para-hydroxylation sites is 1. The first-order chi connectivity index (χ1) is 7.77. The van der Waals surface area contributed by atoms with Crippen LogP contribution in [0, 0.1) is 6.92 Å². The van der Waals surface area contributed by atoms with Crippen LogP contribution >= 0.6 is 0 Å². The number of nitrogens with zero attached hydrogens (tertiary/aromatic N) is 2. The smallest absolute Gasteiger partial charge is 0.102 e. The van der Waals surface area contributed by atoms with Crippen LogP contribution in [-0.2, 0) is 0 Å². The predicted octanol–water partition coefficient (Wildman–Crippen LogP) is 1.95. The zero-order chi connectivity index (χ0) is 11.4. The summed E-state index contributed by atoms with van der Waals surface area (Å²) in [6, 6.07) is 8.26. The Labute approximate surface area is 97.2 Å². The van der Waals surface area contributed by atoms with Crippen molar-refractivity contribution < 1.29 is 0 Å². The lowest BCUT2D eigenvalue weighted by molar-refractivity contribution is 0.356. The Hall–Kier alpha value is -1.35. The number of aliphatic imine (C=N–C) groups is 1. The molecule has 0 amide bonds. The third-order valence-electron chi connectivity index (χ3n) is 2.97. The number of amidine groups is 1. The van der Waals surface area contributed by atoms with Crippen LogP contribution in [0.3, 0.4) is 0 Å². The van der Waals surface area contributed by atoms with Crippen LogP contribution in [0.1, 0.15) is 12.5 Å². The summed E-state index contributed by atoms with van der Waals surface area (Å²) >= 11 is 0. The Morgan fingerprint density at radius 2 is 1.94 bits per heavy atom. The van der Waals surface area contributed by atoms with Crippen LogP contribution in [0.25, 0.3) is 0 Å². The van der Waals surface area contributed by atoms with Crippen LogP contribution in [0.15, 0.2) is 29.3 Å². The van der Waals surface area contributed by atoms with Gasteiger partial charge in [0.2, 0.25) is 0 Å². The van der Waals surface area contributed by atoms with Crippen LogP contribution in [0.2, 0.25) is 0 Å². The van der Waals surface area contributed by atoms with E-state index in [0.29, 0.717) is 0 Å². The lowest BCUT2D eigenvalue weighted by Gasteiger charge is -2.28. The molecule has 1 aliphatic rings. The van der Waals surface area contributed by atoms with Crippen LogP contribution < -0.4 is 5.32 Å². The highest BCUT2D eigenvalue weighted by Crippen LogP contribution is 2.17. The van der Waals surface area contributed by atoms with Gasteiger partial charge in [-0.25, -0.2) is 4.99 Å². The van der Waals surface area contributed by atoms with Gasteiger partial charge in [-0.1, -0.05) is 18.2 Å². The second-order valence-corrected chi connectivity index (χ2v) is 4.18. The average molecular weight is 217 g/mol. The molecule has 0 unspecified atom stereocenters. The molecule has 3 heteroatoms. The molecule has 1 fully saturated rings. The first-order valence-electron chi connectivity index (χ1n) is 5.84. The molecular formula is C13H19N3. The maximum Gasteiger partial charge on any atom is 0.102 e. The molecule has 1 heterocycles. The Morgan fingerprint density at radius 3 is 2.62 bits per heavy atom. The van der Waals surface area contributed by atoms with E-state index in [1.54, 1.807) is 0 Å². The quantitative estimate of drug-likeness (QED) is 0.575. The molecular weight excluding hydrogens is 198 g/mol. The maximum atomic E-state index is 4.70. The topological polar surface area (TPSA) is 27.6 Å². The molecule has 16 heavy (non-hydrogen) atoms. The van der Waals surface area contributed by atoms with Gasteiger partial charge in [-0.2, -0.15) is 0 Å². The van der Waals surface area contributed by atoms with E-state index in [4.69, 9.17) is 4.99 Å². The van der Waals surface area contributed by atoms with E-state index in [2.05, 4.69) is 42.3 Å². The summed E-state index contributed by atoms with van der Waals surface area (Å²) in [5.74, 6) is 1.12. The molecule has 0 spiro atoms. The molecule has 0 atom stereocenters. The van der Waals surface area contributed by atoms with Gasteiger partial charge in [0, 0.05) is 26.2 Å². The third-order valence-corrected chi connectivity index (χ3v) is 2.97. The highest BCUT2D eigenvalue weighted by atomic mass is 15.2. The lowest BCUT2D eigenvalue weighted by atomic mass is 10.2. The van der Waals surface area contributed by atoms with E-state index in [1.807, 2.05) is 6.07 Å². The molecule has 0 aliphatic carbocycles. The van der Waals surface area contributed by atoms with E-state index in [0.717, 1.165) is 37.7 Å². The minimum atomic E-state index is 1.06. The number of piperazine rings is 1. The summed E-state index contributed by atoms with van der Waals surface area (Å²) in [6.07, 6.45) is 0. The summed E-state index contributed by atoms with van der Waals surface area (Å²) in [4.78, 5) is 7.03. The standard InChI is InChI=1S/C13H19N3/c1-11-5-3-4-6-13(11)15-12(2)16-9-7-14-8-10-16/h3-6,14H,7-10H2,1-2H3. The fourth-order valence-corrected chi connectivity index (χ4v) is 1.92. The second-order valence-electron chi connectivity index (χ2n) is 4.18. The van der Waals surface area contributed by atoms with Crippen molar-refractivity contribution in [2.75, 3.05) is 26.2 Å².